The molecule has 0 saturated carbocycles. The van der Waals surface area contributed by atoms with Crippen LogP contribution in [0.5, 0.6) is 5.75 Å². The standard InChI is InChI=1S/C17H16Cl2N2O2/c1-3-10-23-16-9-8-14(11-15(16)19)21(2)20-17(22)12-4-6-13(18)7-5-12/h3-9,11H,1,10H2,2H3,(H,20,22). The highest BCUT2D eigenvalue weighted by Gasteiger charge is 2.10. The number of rotatable bonds is 6. The van der Waals surface area contributed by atoms with Gasteiger partial charge in [0.15, 0.2) is 0 Å². The third-order valence-electron chi connectivity index (χ3n) is 3.04. The van der Waals surface area contributed by atoms with Crippen molar-refractivity contribution < 1.29 is 9.53 Å². The molecule has 0 bridgehead atoms. The van der Waals surface area contributed by atoms with Crippen LogP contribution >= 0.6 is 23.2 Å². The highest BCUT2D eigenvalue weighted by molar-refractivity contribution is 6.32. The number of hydrogen-bond donors (Lipinski definition) is 1. The van der Waals surface area contributed by atoms with Crippen LogP contribution < -0.4 is 15.2 Å². The number of benzene rings is 2. The Hall–Kier alpha value is -2.17. The zero-order valence-electron chi connectivity index (χ0n) is 12.6. The van der Waals surface area contributed by atoms with Crippen LogP contribution in [0.4, 0.5) is 5.69 Å². The molecule has 0 atom stereocenters. The molecule has 0 fully saturated rings. The molecule has 4 nitrogen and oxygen atoms in total. The SMILES string of the molecule is C=CCOc1ccc(N(C)NC(=O)c2ccc(Cl)cc2)cc1Cl. The number of carbonyl (C=O) groups excluding carboxylic acids is 1. The summed E-state index contributed by atoms with van der Waals surface area (Å²) < 4.78 is 5.41. The molecule has 120 valence electrons. The molecular formula is C17H16Cl2N2O2. The van der Waals surface area contributed by atoms with E-state index in [1.807, 2.05) is 0 Å². The average Bonchev–Trinajstić information content (AvgIpc) is 2.54. The van der Waals surface area contributed by atoms with Crippen molar-refractivity contribution in [3.63, 3.8) is 0 Å². The van der Waals surface area contributed by atoms with Crippen LogP contribution in [-0.4, -0.2) is 19.6 Å². The van der Waals surface area contributed by atoms with Gasteiger partial charge in [0.25, 0.3) is 5.91 Å². The quantitative estimate of drug-likeness (QED) is 0.622. The van der Waals surface area contributed by atoms with Crippen LogP contribution in [0.3, 0.4) is 0 Å². The third kappa shape index (κ3) is 4.65. The number of halogens is 2. The van der Waals surface area contributed by atoms with Gasteiger partial charge in [-0.25, -0.2) is 0 Å². The molecule has 0 aromatic heterocycles. The Kier molecular flexibility index (Phi) is 5.90. The topological polar surface area (TPSA) is 41.6 Å². The van der Waals surface area contributed by atoms with E-state index in [0.29, 0.717) is 28.0 Å². The smallest absolute Gasteiger partial charge is 0.269 e. The molecule has 1 N–H and O–H groups in total. The lowest BCUT2D eigenvalue weighted by atomic mass is 10.2. The second-order valence-electron chi connectivity index (χ2n) is 4.72. The molecule has 0 unspecified atom stereocenters. The van der Waals surface area contributed by atoms with Gasteiger partial charge in [-0.3, -0.25) is 15.2 Å². The van der Waals surface area contributed by atoms with Gasteiger partial charge in [-0.1, -0.05) is 35.9 Å². The van der Waals surface area contributed by atoms with Crippen LogP contribution in [0, 0.1) is 0 Å². The summed E-state index contributed by atoms with van der Waals surface area (Å²) in [6.07, 6.45) is 1.64. The van der Waals surface area contributed by atoms with Gasteiger partial charge in [-0.05, 0) is 42.5 Å². The third-order valence-corrected chi connectivity index (χ3v) is 3.58. The van der Waals surface area contributed by atoms with Gasteiger partial charge < -0.3 is 4.74 Å². The van der Waals surface area contributed by atoms with Crippen LogP contribution in [-0.2, 0) is 0 Å². The van der Waals surface area contributed by atoms with Crippen LogP contribution in [0.1, 0.15) is 10.4 Å². The molecule has 0 saturated heterocycles. The van der Waals surface area contributed by atoms with E-state index in [4.69, 9.17) is 27.9 Å². The predicted octanol–water partition coefficient (Wildman–Crippen LogP) is 4.34. The molecule has 1 amide bonds. The van der Waals surface area contributed by atoms with Crippen LogP contribution in [0.2, 0.25) is 10.0 Å². The monoisotopic (exact) mass is 350 g/mol. The molecule has 0 radical (unpaired) electrons. The molecule has 2 rings (SSSR count). The Balaban J connectivity index is 2.06. The van der Waals surface area contributed by atoms with E-state index < -0.39 is 0 Å². The number of hydrogen-bond acceptors (Lipinski definition) is 3. The lowest BCUT2D eigenvalue weighted by Gasteiger charge is -2.21. The average molecular weight is 351 g/mol. The van der Waals surface area contributed by atoms with Gasteiger partial charge in [0.2, 0.25) is 0 Å². The fourth-order valence-corrected chi connectivity index (χ4v) is 2.20. The largest absolute Gasteiger partial charge is 0.488 e. The maximum Gasteiger partial charge on any atom is 0.269 e. The minimum atomic E-state index is -0.243. The molecule has 0 heterocycles. The molecule has 0 aliphatic heterocycles. The molecule has 23 heavy (non-hydrogen) atoms. The summed E-state index contributed by atoms with van der Waals surface area (Å²) in [6, 6.07) is 11.9. The Morgan fingerprint density at radius 2 is 1.96 bits per heavy atom. The molecule has 6 heteroatoms. The molecule has 2 aromatic carbocycles. The fourth-order valence-electron chi connectivity index (χ4n) is 1.85. The zero-order valence-corrected chi connectivity index (χ0v) is 14.1. The maximum absolute atomic E-state index is 12.2. The normalized spacial score (nSPS) is 10.0. The second kappa shape index (κ2) is 7.90. The summed E-state index contributed by atoms with van der Waals surface area (Å²) in [7, 11) is 1.73. The van der Waals surface area contributed by atoms with Crippen LogP contribution in [0.25, 0.3) is 0 Å². The van der Waals surface area contributed by atoms with Gasteiger partial charge in [-0.15, -0.1) is 0 Å². The van der Waals surface area contributed by atoms with E-state index in [9.17, 15) is 4.79 Å². The highest BCUT2D eigenvalue weighted by atomic mass is 35.5. The number of nitrogens with one attached hydrogen (secondary N) is 1. The summed E-state index contributed by atoms with van der Waals surface area (Å²) in [5.41, 5.74) is 4.00. The maximum atomic E-state index is 12.2. The number of anilines is 1. The molecule has 0 aliphatic rings. The van der Waals surface area contributed by atoms with E-state index in [-0.39, 0.29) is 5.91 Å². The Morgan fingerprint density at radius 3 is 2.57 bits per heavy atom. The van der Waals surface area contributed by atoms with Gasteiger partial charge in [0.1, 0.15) is 12.4 Å². The Bertz CT molecular complexity index is 702. The lowest BCUT2D eigenvalue weighted by molar-refractivity contribution is 0.0951. The molecule has 0 spiro atoms. The first-order valence-corrected chi connectivity index (χ1v) is 7.60. The van der Waals surface area contributed by atoms with E-state index in [1.165, 1.54) is 0 Å². The number of ether oxygens (including phenoxy) is 1. The molecule has 2 aromatic rings. The van der Waals surface area contributed by atoms with Gasteiger partial charge in [0.05, 0.1) is 10.7 Å². The van der Waals surface area contributed by atoms with Crippen molar-refractivity contribution in [2.24, 2.45) is 0 Å². The molecular weight excluding hydrogens is 335 g/mol. The van der Waals surface area contributed by atoms with Crippen LogP contribution in [0.15, 0.2) is 55.1 Å². The second-order valence-corrected chi connectivity index (χ2v) is 5.56. The van der Waals surface area contributed by atoms with Crippen molar-refractivity contribution in [1.82, 2.24) is 5.43 Å². The number of nitrogens with zero attached hydrogens (tertiary/aromatic N) is 1. The predicted molar refractivity (Wildman–Crippen MR) is 94.5 cm³/mol. The molecule has 0 aliphatic carbocycles. The lowest BCUT2D eigenvalue weighted by Crippen LogP contribution is -2.39. The number of amides is 1. The van der Waals surface area contributed by atoms with E-state index in [1.54, 1.807) is 60.6 Å². The van der Waals surface area contributed by atoms with Crippen molar-refractivity contribution in [3.05, 3.63) is 70.7 Å². The number of carbonyl (C=O) groups is 1. The minimum Gasteiger partial charge on any atom is -0.488 e. The fraction of sp³-hybridized carbons (Fsp3) is 0.118. The summed E-state index contributed by atoms with van der Waals surface area (Å²) >= 11 is 12.0. The minimum absolute atomic E-state index is 0.243. The zero-order chi connectivity index (χ0) is 16.8. The summed E-state index contributed by atoms with van der Waals surface area (Å²) in [6.45, 7) is 3.96. The van der Waals surface area contributed by atoms with Crippen molar-refractivity contribution in [1.29, 1.82) is 0 Å². The number of hydrazine groups is 1. The first kappa shape index (κ1) is 17.2. The van der Waals surface area contributed by atoms with Crippen molar-refractivity contribution >= 4 is 34.8 Å². The van der Waals surface area contributed by atoms with Crippen molar-refractivity contribution in [2.45, 2.75) is 0 Å². The summed E-state index contributed by atoms with van der Waals surface area (Å²) in [5.74, 6) is 0.319. The van der Waals surface area contributed by atoms with Crippen molar-refractivity contribution in [3.8, 4) is 5.75 Å². The Labute approximate surface area is 145 Å². The van der Waals surface area contributed by atoms with Gasteiger partial charge in [-0.2, -0.15) is 0 Å². The van der Waals surface area contributed by atoms with E-state index in [2.05, 4.69) is 12.0 Å². The Morgan fingerprint density at radius 1 is 1.26 bits per heavy atom. The highest BCUT2D eigenvalue weighted by Crippen LogP contribution is 2.28. The van der Waals surface area contributed by atoms with Gasteiger partial charge in [0, 0.05) is 17.6 Å². The summed E-state index contributed by atoms with van der Waals surface area (Å²) in [4.78, 5) is 12.2. The van der Waals surface area contributed by atoms with Gasteiger partial charge >= 0.3 is 0 Å². The van der Waals surface area contributed by atoms with E-state index in [0.717, 1.165) is 5.69 Å². The summed E-state index contributed by atoms with van der Waals surface area (Å²) in [5, 5.41) is 2.62. The first-order chi connectivity index (χ1) is 11.0. The first-order valence-electron chi connectivity index (χ1n) is 6.85. The van der Waals surface area contributed by atoms with Crippen molar-refractivity contribution in [2.75, 3.05) is 18.7 Å². The van der Waals surface area contributed by atoms with E-state index >= 15 is 0 Å².